The van der Waals surface area contributed by atoms with Crippen LogP contribution in [0.25, 0.3) is 0 Å². The zero-order valence-corrected chi connectivity index (χ0v) is 11.5. The first-order valence-corrected chi connectivity index (χ1v) is 6.82. The van der Waals surface area contributed by atoms with Gasteiger partial charge in [-0.05, 0) is 39.3 Å². The van der Waals surface area contributed by atoms with Gasteiger partial charge in [-0.15, -0.1) is 0 Å². The number of quaternary nitrogens is 1. The number of amides is 1. The Hall–Kier alpha value is -1.35. The van der Waals surface area contributed by atoms with Gasteiger partial charge in [0.1, 0.15) is 12.1 Å². The van der Waals surface area contributed by atoms with Crippen molar-refractivity contribution in [2.75, 3.05) is 0 Å². The van der Waals surface area contributed by atoms with Gasteiger partial charge >= 0.3 is 0 Å². The van der Waals surface area contributed by atoms with E-state index in [-0.39, 0.29) is 5.91 Å². The molecular formula is C15H23N2O+. The average molecular weight is 247 g/mol. The van der Waals surface area contributed by atoms with Crippen molar-refractivity contribution in [1.29, 1.82) is 0 Å². The second kappa shape index (κ2) is 5.53. The van der Waals surface area contributed by atoms with E-state index in [0.29, 0.717) is 12.1 Å². The van der Waals surface area contributed by atoms with E-state index in [9.17, 15) is 4.79 Å². The summed E-state index contributed by atoms with van der Waals surface area (Å²) in [5.41, 5.74) is 5.06. The molecule has 2 atom stereocenters. The van der Waals surface area contributed by atoms with Crippen molar-refractivity contribution in [3.05, 3.63) is 35.4 Å². The molecule has 18 heavy (non-hydrogen) atoms. The van der Waals surface area contributed by atoms with Gasteiger partial charge in [-0.25, -0.2) is 5.01 Å². The molecule has 2 N–H and O–H groups in total. The smallest absolute Gasteiger partial charge is 0.264 e. The van der Waals surface area contributed by atoms with Crippen LogP contribution in [0.1, 0.15) is 49.0 Å². The third-order valence-electron chi connectivity index (χ3n) is 3.91. The number of benzene rings is 1. The lowest BCUT2D eigenvalue weighted by atomic mass is 10.00. The first-order valence-electron chi connectivity index (χ1n) is 6.82. The summed E-state index contributed by atoms with van der Waals surface area (Å²) in [7, 11) is 0. The quantitative estimate of drug-likeness (QED) is 0.815. The summed E-state index contributed by atoms with van der Waals surface area (Å²) < 4.78 is 0. The van der Waals surface area contributed by atoms with E-state index in [1.54, 1.807) is 0 Å². The molecule has 1 aromatic rings. The Morgan fingerprint density at radius 2 is 1.72 bits per heavy atom. The number of aryl methyl sites for hydroxylation is 1. The van der Waals surface area contributed by atoms with Crippen LogP contribution in [0.2, 0.25) is 0 Å². The van der Waals surface area contributed by atoms with Gasteiger partial charge in [0.05, 0.1) is 0 Å². The zero-order valence-electron chi connectivity index (χ0n) is 11.5. The Balaban J connectivity index is 2.04. The van der Waals surface area contributed by atoms with Crippen molar-refractivity contribution >= 4 is 5.91 Å². The predicted molar refractivity (Wildman–Crippen MR) is 72.4 cm³/mol. The standard InChI is InChI=1S/C15H22N2O/c1-11-7-9-14(10-8-11)15(18)16-17-12(2)5-4-6-13(17)3/h7-10,12-13H,4-6H2,1-3H3,(H,16,18)/p+1. The van der Waals surface area contributed by atoms with Crippen LogP contribution in [-0.2, 0) is 0 Å². The molecule has 2 unspecified atom stereocenters. The molecule has 1 heterocycles. The fraction of sp³-hybridized carbons (Fsp3) is 0.533. The summed E-state index contributed by atoms with van der Waals surface area (Å²) in [4.78, 5) is 12.2. The lowest BCUT2D eigenvalue weighted by Gasteiger charge is -2.34. The lowest BCUT2D eigenvalue weighted by Crippen LogP contribution is -3.25. The molecule has 0 aliphatic carbocycles. The van der Waals surface area contributed by atoms with Gasteiger partial charge in [0.25, 0.3) is 5.91 Å². The van der Waals surface area contributed by atoms with Crippen LogP contribution in [0, 0.1) is 6.92 Å². The maximum Gasteiger partial charge on any atom is 0.295 e. The van der Waals surface area contributed by atoms with Crippen molar-refractivity contribution in [2.45, 2.75) is 52.1 Å². The molecular weight excluding hydrogens is 224 g/mol. The molecule has 0 aromatic heterocycles. The third-order valence-corrected chi connectivity index (χ3v) is 3.91. The van der Waals surface area contributed by atoms with Crippen molar-refractivity contribution < 1.29 is 9.80 Å². The van der Waals surface area contributed by atoms with Gasteiger partial charge in [-0.3, -0.25) is 4.79 Å². The summed E-state index contributed by atoms with van der Waals surface area (Å²) >= 11 is 0. The van der Waals surface area contributed by atoms with Crippen molar-refractivity contribution in [3.8, 4) is 0 Å². The number of hydrogen-bond donors (Lipinski definition) is 2. The van der Waals surface area contributed by atoms with Crippen LogP contribution < -0.4 is 10.4 Å². The van der Waals surface area contributed by atoms with Crippen molar-refractivity contribution in [2.24, 2.45) is 0 Å². The highest BCUT2D eigenvalue weighted by Gasteiger charge is 2.30. The molecule has 0 saturated carbocycles. The van der Waals surface area contributed by atoms with Gasteiger partial charge in [0, 0.05) is 18.4 Å². The Morgan fingerprint density at radius 1 is 1.17 bits per heavy atom. The Labute approximate surface area is 109 Å². The van der Waals surface area contributed by atoms with E-state index in [0.717, 1.165) is 5.56 Å². The zero-order chi connectivity index (χ0) is 13.1. The number of carbonyl (C=O) groups is 1. The number of nitrogens with one attached hydrogen (secondary N) is 2. The first kappa shape index (κ1) is 13.1. The number of rotatable bonds is 2. The minimum atomic E-state index is 0.0330. The number of piperidine rings is 1. The average Bonchev–Trinajstić information content (AvgIpc) is 2.34. The Kier molecular flexibility index (Phi) is 4.02. The molecule has 0 radical (unpaired) electrons. The Bertz CT molecular complexity index is 403. The molecule has 1 aromatic carbocycles. The molecule has 2 rings (SSSR count). The Morgan fingerprint density at radius 3 is 2.28 bits per heavy atom. The fourth-order valence-corrected chi connectivity index (χ4v) is 2.68. The van der Waals surface area contributed by atoms with Gasteiger partial charge in [-0.2, -0.15) is 5.43 Å². The summed E-state index contributed by atoms with van der Waals surface area (Å²) in [6.07, 6.45) is 3.65. The lowest BCUT2D eigenvalue weighted by molar-refractivity contribution is -0.984. The minimum absolute atomic E-state index is 0.0330. The number of hydrogen-bond acceptors (Lipinski definition) is 1. The summed E-state index contributed by atoms with van der Waals surface area (Å²) in [6.45, 7) is 6.45. The summed E-state index contributed by atoms with van der Waals surface area (Å²) in [5.74, 6) is 0.0330. The second-order valence-corrected chi connectivity index (χ2v) is 5.51. The molecule has 3 heteroatoms. The molecule has 0 bridgehead atoms. The monoisotopic (exact) mass is 247 g/mol. The van der Waals surface area contributed by atoms with E-state index < -0.39 is 0 Å². The molecule has 1 aliphatic rings. The molecule has 3 nitrogen and oxygen atoms in total. The molecule has 0 spiro atoms. The van der Waals surface area contributed by atoms with Crippen LogP contribution in [0.4, 0.5) is 0 Å². The van der Waals surface area contributed by atoms with Crippen LogP contribution in [-0.4, -0.2) is 18.0 Å². The van der Waals surface area contributed by atoms with E-state index in [1.165, 1.54) is 29.8 Å². The largest absolute Gasteiger partial charge is 0.295 e. The molecule has 1 amide bonds. The van der Waals surface area contributed by atoms with Gasteiger partial charge < -0.3 is 0 Å². The van der Waals surface area contributed by atoms with Gasteiger partial charge in [-0.1, -0.05) is 17.7 Å². The highest BCUT2D eigenvalue weighted by molar-refractivity contribution is 5.93. The maximum atomic E-state index is 12.2. The van der Waals surface area contributed by atoms with Crippen molar-refractivity contribution in [1.82, 2.24) is 5.43 Å². The SMILES string of the molecule is Cc1ccc(C(=O)N[NH+]2C(C)CCCC2C)cc1. The van der Waals surface area contributed by atoms with Crippen LogP contribution in [0.15, 0.2) is 24.3 Å². The molecule has 1 saturated heterocycles. The van der Waals surface area contributed by atoms with E-state index in [2.05, 4.69) is 19.3 Å². The molecule has 1 aliphatic heterocycles. The number of carbonyl (C=O) groups excluding carboxylic acids is 1. The third kappa shape index (κ3) is 2.91. The predicted octanol–water partition coefficient (Wildman–Crippen LogP) is 1.49. The normalized spacial score (nSPS) is 27.8. The summed E-state index contributed by atoms with van der Waals surface area (Å²) in [6, 6.07) is 8.75. The van der Waals surface area contributed by atoms with E-state index in [1.807, 2.05) is 31.2 Å². The van der Waals surface area contributed by atoms with E-state index >= 15 is 0 Å². The topological polar surface area (TPSA) is 33.5 Å². The second-order valence-electron chi connectivity index (χ2n) is 5.51. The molecule has 1 fully saturated rings. The van der Waals surface area contributed by atoms with Crippen molar-refractivity contribution in [3.63, 3.8) is 0 Å². The minimum Gasteiger partial charge on any atom is -0.264 e. The molecule has 98 valence electrons. The van der Waals surface area contributed by atoms with Crippen LogP contribution in [0.5, 0.6) is 0 Å². The first-order chi connectivity index (χ1) is 8.58. The van der Waals surface area contributed by atoms with Crippen LogP contribution >= 0.6 is 0 Å². The maximum absolute atomic E-state index is 12.2. The van der Waals surface area contributed by atoms with E-state index in [4.69, 9.17) is 0 Å². The van der Waals surface area contributed by atoms with Gasteiger partial charge in [0.15, 0.2) is 0 Å². The van der Waals surface area contributed by atoms with Crippen LogP contribution in [0.3, 0.4) is 0 Å². The summed E-state index contributed by atoms with van der Waals surface area (Å²) in [5, 5.41) is 1.21. The van der Waals surface area contributed by atoms with Gasteiger partial charge in [0.2, 0.25) is 0 Å². The highest BCUT2D eigenvalue weighted by atomic mass is 16.2. The highest BCUT2D eigenvalue weighted by Crippen LogP contribution is 2.07. The fourth-order valence-electron chi connectivity index (χ4n) is 2.68.